The van der Waals surface area contributed by atoms with Crippen LogP contribution >= 0.6 is 0 Å². The molecule has 0 saturated heterocycles. The Morgan fingerprint density at radius 2 is 2.00 bits per heavy atom. The van der Waals surface area contributed by atoms with E-state index in [-0.39, 0.29) is 11.7 Å². The summed E-state index contributed by atoms with van der Waals surface area (Å²) in [7, 11) is 1.76. The lowest BCUT2D eigenvalue weighted by atomic mass is 9.75. The normalized spacial score (nSPS) is 34.9. The molecule has 0 aromatic heterocycles. The number of ketones is 1. The summed E-state index contributed by atoms with van der Waals surface area (Å²) >= 11 is 0. The fourth-order valence-electron chi connectivity index (χ4n) is 2.70. The molecule has 88 valence electrons. The van der Waals surface area contributed by atoms with Gasteiger partial charge in [0.05, 0.1) is 11.8 Å². The molecule has 2 N–H and O–H groups in total. The molecule has 0 aromatic rings. The Morgan fingerprint density at radius 1 is 1.31 bits per heavy atom. The molecule has 2 rings (SSSR count). The van der Waals surface area contributed by atoms with Gasteiger partial charge < -0.3 is 10.5 Å². The van der Waals surface area contributed by atoms with Crippen molar-refractivity contribution in [3.05, 3.63) is 23.9 Å². The predicted molar refractivity (Wildman–Crippen MR) is 62.7 cm³/mol. The number of allylic oxidation sites excluding steroid dienone is 4. The summed E-state index contributed by atoms with van der Waals surface area (Å²) in [4.78, 5) is 11.9. The van der Waals surface area contributed by atoms with Crippen LogP contribution in [0.25, 0.3) is 0 Å². The molecule has 0 spiro atoms. The van der Waals surface area contributed by atoms with Crippen molar-refractivity contribution in [3.8, 4) is 0 Å². The van der Waals surface area contributed by atoms with Crippen LogP contribution in [0.2, 0.25) is 0 Å². The summed E-state index contributed by atoms with van der Waals surface area (Å²) in [6.07, 6.45) is 10.2. The highest BCUT2D eigenvalue weighted by Crippen LogP contribution is 2.34. The molecule has 0 radical (unpaired) electrons. The van der Waals surface area contributed by atoms with E-state index < -0.39 is 0 Å². The summed E-state index contributed by atoms with van der Waals surface area (Å²) < 4.78 is 5.34. The van der Waals surface area contributed by atoms with Crippen molar-refractivity contribution in [2.45, 2.75) is 31.8 Å². The molecule has 1 saturated carbocycles. The second-order valence-corrected chi connectivity index (χ2v) is 4.67. The second kappa shape index (κ2) is 4.83. The lowest BCUT2D eigenvalue weighted by Gasteiger charge is -2.32. The van der Waals surface area contributed by atoms with Gasteiger partial charge in [0.2, 0.25) is 0 Å². The smallest absolute Gasteiger partial charge is 0.185 e. The highest BCUT2D eigenvalue weighted by molar-refractivity contribution is 5.98. The summed E-state index contributed by atoms with van der Waals surface area (Å²) in [5.74, 6) is 0.550. The average molecular weight is 221 g/mol. The molecular weight excluding hydrogens is 202 g/mol. The number of carbonyl (C=O) groups is 1. The number of hydrogen-bond donors (Lipinski definition) is 1. The first kappa shape index (κ1) is 11.4. The molecule has 1 atom stereocenters. The lowest BCUT2D eigenvalue weighted by molar-refractivity contribution is -0.120. The van der Waals surface area contributed by atoms with Crippen molar-refractivity contribution in [2.75, 3.05) is 7.11 Å². The van der Waals surface area contributed by atoms with Gasteiger partial charge in [0.25, 0.3) is 0 Å². The van der Waals surface area contributed by atoms with Gasteiger partial charge in [0.15, 0.2) is 5.78 Å². The minimum absolute atomic E-state index is 0.00260. The molecule has 2 aliphatic carbocycles. The highest BCUT2D eigenvalue weighted by atomic mass is 16.5. The third-order valence-corrected chi connectivity index (χ3v) is 3.74. The largest absolute Gasteiger partial charge is 0.396 e. The molecule has 0 aliphatic heterocycles. The van der Waals surface area contributed by atoms with Gasteiger partial charge in [-0.2, -0.15) is 0 Å². The number of hydrogen-bond acceptors (Lipinski definition) is 3. The monoisotopic (exact) mass is 221 g/mol. The first-order valence-corrected chi connectivity index (χ1v) is 5.93. The van der Waals surface area contributed by atoms with E-state index in [1.807, 2.05) is 12.2 Å². The standard InChI is InChI=1S/C13H19NO2/c1-16-10-7-5-9(6-8-10)11-3-2-4-12(14)13(11)15/h2-4,9-11H,5-8,14H2,1H3. The SMILES string of the molecule is COC1CCC(C2C=CC=C(N)C2=O)CC1. The summed E-state index contributed by atoms with van der Waals surface area (Å²) in [5, 5.41) is 0. The van der Waals surface area contributed by atoms with Crippen molar-refractivity contribution in [2.24, 2.45) is 17.6 Å². The minimum atomic E-state index is 0.00260. The lowest BCUT2D eigenvalue weighted by Crippen LogP contribution is -2.32. The molecule has 0 bridgehead atoms. The zero-order valence-electron chi connectivity index (χ0n) is 9.69. The first-order valence-electron chi connectivity index (χ1n) is 5.93. The number of carbonyl (C=O) groups excluding carboxylic acids is 1. The van der Waals surface area contributed by atoms with Crippen LogP contribution in [-0.2, 0) is 9.53 Å². The van der Waals surface area contributed by atoms with Gasteiger partial charge >= 0.3 is 0 Å². The molecule has 3 heteroatoms. The Hall–Kier alpha value is -1.09. The van der Waals surface area contributed by atoms with Crippen LogP contribution in [0.3, 0.4) is 0 Å². The van der Waals surface area contributed by atoms with Crippen LogP contribution in [0.1, 0.15) is 25.7 Å². The number of methoxy groups -OCH3 is 1. The topological polar surface area (TPSA) is 52.3 Å². The molecule has 0 amide bonds. The first-order chi connectivity index (χ1) is 7.72. The Bertz CT molecular complexity index is 325. The fourth-order valence-corrected chi connectivity index (χ4v) is 2.70. The molecule has 3 nitrogen and oxygen atoms in total. The van der Waals surface area contributed by atoms with Crippen molar-refractivity contribution < 1.29 is 9.53 Å². The Kier molecular flexibility index (Phi) is 3.44. The maximum absolute atomic E-state index is 11.9. The molecule has 16 heavy (non-hydrogen) atoms. The van der Waals surface area contributed by atoms with Crippen molar-refractivity contribution in [1.29, 1.82) is 0 Å². The molecule has 0 heterocycles. The maximum Gasteiger partial charge on any atom is 0.185 e. The third-order valence-electron chi connectivity index (χ3n) is 3.74. The van der Waals surface area contributed by atoms with Gasteiger partial charge in [-0.1, -0.05) is 12.2 Å². The van der Waals surface area contributed by atoms with Crippen LogP contribution in [0.15, 0.2) is 23.9 Å². The second-order valence-electron chi connectivity index (χ2n) is 4.67. The van der Waals surface area contributed by atoms with Crippen LogP contribution in [0, 0.1) is 11.8 Å². The molecule has 2 aliphatic rings. The Balaban J connectivity index is 1.97. The maximum atomic E-state index is 11.9. The van der Waals surface area contributed by atoms with Gasteiger partial charge in [0, 0.05) is 13.0 Å². The van der Waals surface area contributed by atoms with Crippen molar-refractivity contribution >= 4 is 5.78 Å². The van der Waals surface area contributed by atoms with E-state index in [1.165, 1.54) is 0 Å². The highest BCUT2D eigenvalue weighted by Gasteiger charge is 2.32. The van der Waals surface area contributed by atoms with Crippen LogP contribution in [-0.4, -0.2) is 19.0 Å². The number of rotatable bonds is 2. The zero-order valence-corrected chi connectivity index (χ0v) is 9.69. The van der Waals surface area contributed by atoms with E-state index >= 15 is 0 Å². The van der Waals surface area contributed by atoms with Crippen LogP contribution in [0.4, 0.5) is 0 Å². The fraction of sp³-hybridized carbons (Fsp3) is 0.615. The van der Waals surface area contributed by atoms with Crippen molar-refractivity contribution in [3.63, 3.8) is 0 Å². The van der Waals surface area contributed by atoms with E-state index in [1.54, 1.807) is 13.2 Å². The van der Waals surface area contributed by atoms with E-state index in [9.17, 15) is 4.79 Å². The summed E-state index contributed by atoms with van der Waals surface area (Å²) in [6.45, 7) is 0. The average Bonchev–Trinajstić information content (AvgIpc) is 2.33. The number of ether oxygens (including phenoxy) is 1. The van der Waals surface area contributed by atoms with Gasteiger partial charge in [-0.15, -0.1) is 0 Å². The van der Waals surface area contributed by atoms with Gasteiger partial charge in [-0.3, -0.25) is 4.79 Å². The van der Waals surface area contributed by atoms with Gasteiger partial charge in [-0.05, 0) is 37.7 Å². The quantitative estimate of drug-likeness (QED) is 0.773. The summed E-state index contributed by atoms with van der Waals surface area (Å²) in [5.41, 5.74) is 6.07. The predicted octanol–water partition coefficient (Wildman–Crippen LogP) is 1.79. The minimum Gasteiger partial charge on any atom is -0.396 e. The molecule has 1 unspecified atom stereocenters. The Labute approximate surface area is 96.3 Å². The van der Waals surface area contributed by atoms with E-state index in [2.05, 4.69) is 0 Å². The van der Waals surface area contributed by atoms with Gasteiger partial charge in [0.1, 0.15) is 0 Å². The van der Waals surface area contributed by atoms with Gasteiger partial charge in [-0.25, -0.2) is 0 Å². The Morgan fingerprint density at radius 3 is 2.62 bits per heavy atom. The van der Waals surface area contributed by atoms with Crippen molar-refractivity contribution in [1.82, 2.24) is 0 Å². The molecular formula is C13H19NO2. The van der Waals surface area contributed by atoms with Crippen LogP contribution < -0.4 is 5.73 Å². The molecule has 1 fully saturated rings. The van der Waals surface area contributed by atoms with E-state index in [4.69, 9.17) is 10.5 Å². The number of Topliss-reactive ketones (excluding diaryl/α,β-unsaturated/α-hetero) is 1. The van der Waals surface area contributed by atoms with Crippen LogP contribution in [0.5, 0.6) is 0 Å². The number of nitrogens with two attached hydrogens (primary N) is 1. The summed E-state index contributed by atoms with van der Waals surface area (Å²) in [6, 6.07) is 0. The molecule has 0 aromatic carbocycles. The third kappa shape index (κ3) is 2.19. The zero-order chi connectivity index (χ0) is 11.5. The van der Waals surface area contributed by atoms with E-state index in [0.29, 0.717) is 17.7 Å². The van der Waals surface area contributed by atoms with E-state index in [0.717, 1.165) is 25.7 Å².